The molecule has 0 aliphatic carbocycles. The van der Waals surface area contributed by atoms with Crippen LogP contribution in [0.4, 0.5) is 0 Å². The summed E-state index contributed by atoms with van der Waals surface area (Å²) in [7, 11) is 0. The Labute approximate surface area is 117 Å². The summed E-state index contributed by atoms with van der Waals surface area (Å²) in [6.07, 6.45) is 3.52. The number of fused-ring (bicyclic) bond motifs is 1. The van der Waals surface area contributed by atoms with Crippen molar-refractivity contribution in [3.8, 4) is 0 Å². The van der Waals surface area contributed by atoms with Gasteiger partial charge in [-0.15, -0.1) is 0 Å². The third-order valence-corrected chi connectivity index (χ3v) is 3.24. The molecule has 1 aromatic heterocycles. The smallest absolute Gasteiger partial charge is 0.244 e. The highest BCUT2D eigenvalue weighted by molar-refractivity contribution is 5.92. The average molecular weight is 274 g/mol. The SMILES string of the molecule is CCC(C)(CO)NC(=O)C=Cc1nc2ccccc2o1. The number of rotatable bonds is 5. The zero-order valence-corrected chi connectivity index (χ0v) is 11.6. The zero-order chi connectivity index (χ0) is 14.6. The second-order valence-corrected chi connectivity index (χ2v) is 4.91. The summed E-state index contributed by atoms with van der Waals surface area (Å²) in [6.45, 7) is 3.59. The summed E-state index contributed by atoms with van der Waals surface area (Å²) in [5, 5.41) is 12.0. The summed E-state index contributed by atoms with van der Waals surface area (Å²) >= 11 is 0. The lowest BCUT2D eigenvalue weighted by Gasteiger charge is -2.26. The maximum atomic E-state index is 11.8. The third kappa shape index (κ3) is 3.24. The highest BCUT2D eigenvalue weighted by Crippen LogP contribution is 2.15. The van der Waals surface area contributed by atoms with Crippen molar-refractivity contribution in [2.75, 3.05) is 6.61 Å². The molecular formula is C15H18N2O3. The van der Waals surface area contributed by atoms with Crippen molar-refractivity contribution in [1.29, 1.82) is 0 Å². The Morgan fingerprint density at radius 3 is 2.90 bits per heavy atom. The molecule has 2 rings (SSSR count). The molecule has 0 aliphatic rings. The molecule has 0 aliphatic heterocycles. The van der Waals surface area contributed by atoms with Gasteiger partial charge in [-0.05, 0) is 25.5 Å². The molecule has 2 aromatic rings. The third-order valence-electron chi connectivity index (χ3n) is 3.24. The van der Waals surface area contributed by atoms with Gasteiger partial charge in [0.2, 0.25) is 11.8 Å². The minimum atomic E-state index is -0.608. The van der Waals surface area contributed by atoms with E-state index in [2.05, 4.69) is 10.3 Å². The molecule has 5 nitrogen and oxygen atoms in total. The zero-order valence-electron chi connectivity index (χ0n) is 11.6. The summed E-state index contributed by atoms with van der Waals surface area (Å²) < 4.78 is 5.47. The van der Waals surface area contributed by atoms with Gasteiger partial charge in [-0.25, -0.2) is 4.98 Å². The van der Waals surface area contributed by atoms with Gasteiger partial charge in [0.25, 0.3) is 0 Å². The number of carbonyl (C=O) groups is 1. The lowest BCUT2D eigenvalue weighted by atomic mass is 10.0. The van der Waals surface area contributed by atoms with Crippen LogP contribution in [0.15, 0.2) is 34.8 Å². The molecule has 0 saturated heterocycles. The summed E-state index contributed by atoms with van der Waals surface area (Å²) in [5.74, 6) is 0.0919. The van der Waals surface area contributed by atoms with Gasteiger partial charge >= 0.3 is 0 Å². The second-order valence-electron chi connectivity index (χ2n) is 4.91. The van der Waals surface area contributed by atoms with Crippen molar-refractivity contribution >= 4 is 23.1 Å². The van der Waals surface area contributed by atoms with Crippen LogP contribution in [0.1, 0.15) is 26.2 Å². The maximum absolute atomic E-state index is 11.8. The van der Waals surface area contributed by atoms with Crippen LogP contribution in [-0.4, -0.2) is 28.1 Å². The first-order valence-corrected chi connectivity index (χ1v) is 6.53. The van der Waals surface area contributed by atoms with E-state index in [0.717, 1.165) is 5.52 Å². The molecule has 1 unspecified atom stereocenters. The quantitative estimate of drug-likeness (QED) is 0.819. The first-order valence-electron chi connectivity index (χ1n) is 6.53. The Hall–Kier alpha value is -2.14. The van der Waals surface area contributed by atoms with Gasteiger partial charge in [-0.1, -0.05) is 19.1 Å². The Morgan fingerprint density at radius 2 is 2.25 bits per heavy atom. The van der Waals surface area contributed by atoms with Crippen LogP contribution in [0, 0.1) is 0 Å². The lowest BCUT2D eigenvalue weighted by Crippen LogP contribution is -2.47. The molecule has 2 N–H and O–H groups in total. The standard InChI is InChI=1S/C15H18N2O3/c1-3-15(2,10-18)17-13(19)8-9-14-16-11-6-4-5-7-12(11)20-14/h4-9,18H,3,10H2,1-2H3,(H,17,19). The van der Waals surface area contributed by atoms with E-state index >= 15 is 0 Å². The molecule has 1 aromatic carbocycles. The van der Waals surface area contributed by atoms with Gasteiger partial charge in [0.1, 0.15) is 5.52 Å². The molecule has 106 valence electrons. The van der Waals surface area contributed by atoms with Crippen LogP contribution >= 0.6 is 0 Å². The van der Waals surface area contributed by atoms with E-state index < -0.39 is 5.54 Å². The van der Waals surface area contributed by atoms with Crippen molar-refractivity contribution in [3.63, 3.8) is 0 Å². The van der Waals surface area contributed by atoms with E-state index in [1.165, 1.54) is 12.2 Å². The van der Waals surface area contributed by atoms with Gasteiger partial charge in [0.15, 0.2) is 5.58 Å². The van der Waals surface area contributed by atoms with Crippen LogP contribution in [0.3, 0.4) is 0 Å². The van der Waals surface area contributed by atoms with Crippen molar-refractivity contribution in [1.82, 2.24) is 10.3 Å². The van der Waals surface area contributed by atoms with Gasteiger partial charge in [-0.2, -0.15) is 0 Å². The number of hydrogen-bond acceptors (Lipinski definition) is 4. The number of para-hydroxylation sites is 2. The summed E-state index contributed by atoms with van der Waals surface area (Å²) in [5.41, 5.74) is 0.825. The van der Waals surface area contributed by atoms with E-state index in [1.54, 1.807) is 6.92 Å². The Kier molecular flexibility index (Phi) is 4.20. The van der Waals surface area contributed by atoms with Gasteiger partial charge in [0, 0.05) is 12.2 Å². The molecular weight excluding hydrogens is 256 g/mol. The topological polar surface area (TPSA) is 75.4 Å². The number of aromatic nitrogens is 1. The molecule has 5 heteroatoms. The molecule has 20 heavy (non-hydrogen) atoms. The van der Waals surface area contributed by atoms with E-state index in [-0.39, 0.29) is 12.5 Å². The number of nitrogens with zero attached hydrogens (tertiary/aromatic N) is 1. The number of benzene rings is 1. The molecule has 0 saturated carbocycles. The number of nitrogens with one attached hydrogen (secondary N) is 1. The minimum absolute atomic E-state index is 0.105. The number of oxazole rings is 1. The lowest BCUT2D eigenvalue weighted by molar-refractivity contribution is -0.118. The molecule has 0 radical (unpaired) electrons. The Morgan fingerprint density at radius 1 is 1.50 bits per heavy atom. The largest absolute Gasteiger partial charge is 0.437 e. The van der Waals surface area contributed by atoms with Crippen LogP contribution in [0.25, 0.3) is 17.2 Å². The van der Waals surface area contributed by atoms with Gasteiger partial charge in [-0.3, -0.25) is 4.79 Å². The number of carbonyl (C=O) groups excluding carboxylic acids is 1. The fraction of sp³-hybridized carbons (Fsp3) is 0.333. The predicted octanol–water partition coefficient (Wildman–Crippen LogP) is 2.12. The van der Waals surface area contributed by atoms with E-state index in [1.807, 2.05) is 31.2 Å². The fourth-order valence-corrected chi connectivity index (χ4v) is 1.69. The highest BCUT2D eigenvalue weighted by atomic mass is 16.3. The number of aliphatic hydroxyl groups excluding tert-OH is 1. The Bertz CT molecular complexity index is 594. The van der Waals surface area contributed by atoms with Crippen molar-refractivity contribution in [3.05, 3.63) is 36.2 Å². The fourth-order valence-electron chi connectivity index (χ4n) is 1.69. The van der Waals surface area contributed by atoms with Gasteiger partial charge in [0.05, 0.1) is 12.1 Å². The molecule has 1 atom stereocenters. The molecule has 0 fully saturated rings. The first-order chi connectivity index (χ1) is 9.56. The number of aliphatic hydroxyl groups is 1. The molecule has 0 spiro atoms. The van der Waals surface area contributed by atoms with Gasteiger partial charge < -0.3 is 14.8 Å². The van der Waals surface area contributed by atoms with Crippen LogP contribution < -0.4 is 5.32 Å². The summed E-state index contributed by atoms with van der Waals surface area (Å²) in [6, 6.07) is 7.40. The van der Waals surface area contributed by atoms with Crippen molar-refractivity contribution < 1.29 is 14.3 Å². The van der Waals surface area contributed by atoms with E-state index in [0.29, 0.717) is 17.9 Å². The second kappa shape index (κ2) is 5.88. The summed E-state index contributed by atoms with van der Waals surface area (Å²) in [4.78, 5) is 16.0. The van der Waals surface area contributed by atoms with Crippen molar-refractivity contribution in [2.45, 2.75) is 25.8 Å². The van der Waals surface area contributed by atoms with Crippen LogP contribution in [-0.2, 0) is 4.79 Å². The number of amides is 1. The Balaban J connectivity index is 2.07. The number of hydrogen-bond donors (Lipinski definition) is 2. The molecule has 1 heterocycles. The van der Waals surface area contributed by atoms with Crippen molar-refractivity contribution in [2.24, 2.45) is 0 Å². The van der Waals surface area contributed by atoms with E-state index in [4.69, 9.17) is 4.42 Å². The van der Waals surface area contributed by atoms with Crippen LogP contribution in [0.5, 0.6) is 0 Å². The van der Waals surface area contributed by atoms with Crippen LogP contribution in [0.2, 0.25) is 0 Å². The highest BCUT2D eigenvalue weighted by Gasteiger charge is 2.21. The molecule has 0 bridgehead atoms. The maximum Gasteiger partial charge on any atom is 0.244 e. The monoisotopic (exact) mass is 274 g/mol. The average Bonchev–Trinajstić information content (AvgIpc) is 2.88. The minimum Gasteiger partial charge on any atom is -0.437 e. The predicted molar refractivity (Wildman–Crippen MR) is 77.0 cm³/mol. The first kappa shape index (κ1) is 14.3. The normalized spacial score (nSPS) is 14.6. The van der Waals surface area contributed by atoms with E-state index in [9.17, 15) is 9.90 Å². The molecule has 1 amide bonds.